The molecule has 0 saturated carbocycles. The van der Waals surface area contributed by atoms with E-state index in [0.29, 0.717) is 11.7 Å². The molecule has 0 aromatic heterocycles. The predicted octanol–water partition coefficient (Wildman–Crippen LogP) is 3.77. The van der Waals surface area contributed by atoms with Crippen molar-refractivity contribution >= 4 is 5.78 Å². The average Bonchev–Trinajstić information content (AvgIpc) is 2.94. The molecular weight excluding hydrogens is 234 g/mol. The zero-order valence-corrected chi connectivity index (χ0v) is 12.1. The topological polar surface area (TPSA) is 20.3 Å². The monoisotopic (exact) mass is 259 g/mol. The maximum atomic E-state index is 12.8. The SMILES string of the molecule is CCCC(C)C(C(=O)c1ccccc1)N1CCCC1. The first-order valence-corrected chi connectivity index (χ1v) is 7.57. The van der Waals surface area contributed by atoms with Crippen molar-refractivity contribution < 1.29 is 4.79 Å². The molecule has 0 radical (unpaired) electrons. The number of benzene rings is 1. The fourth-order valence-corrected chi connectivity index (χ4v) is 3.19. The second kappa shape index (κ2) is 6.85. The zero-order valence-electron chi connectivity index (χ0n) is 12.1. The van der Waals surface area contributed by atoms with E-state index in [-0.39, 0.29) is 6.04 Å². The summed E-state index contributed by atoms with van der Waals surface area (Å²) in [5.74, 6) is 0.749. The molecule has 1 fully saturated rings. The summed E-state index contributed by atoms with van der Waals surface area (Å²) >= 11 is 0. The lowest BCUT2D eigenvalue weighted by atomic mass is 9.89. The first-order chi connectivity index (χ1) is 9.24. The van der Waals surface area contributed by atoms with E-state index in [1.807, 2.05) is 30.3 Å². The fourth-order valence-electron chi connectivity index (χ4n) is 3.19. The summed E-state index contributed by atoms with van der Waals surface area (Å²) < 4.78 is 0. The number of rotatable bonds is 6. The highest BCUT2D eigenvalue weighted by molar-refractivity contribution is 6.00. The standard InChI is InChI=1S/C17H25NO/c1-3-9-14(2)16(18-12-7-8-13-18)17(19)15-10-5-4-6-11-15/h4-6,10-11,14,16H,3,7-9,12-13H2,1-2H3. The van der Waals surface area contributed by atoms with Gasteiger partial charge < -0.3 is 0 Å². The number of carbonyl (C=O) groups excluding carboxylic acids is 1. The molecule has 104 valence electrons. The molecule has 1 aromatic carbocycles. The van der Waals surface area contributed by atoms with Gasteiger partial charge in [-0.2, -0.15) is 0 Å². The molecule has 0 aliphatic carbocycles. The third-order valence-electron chi connectivity index (χ3n) is 4.14. The van der Waals surface area contributed by atoms with E-state index < -0.39 is 0 Å². The number of carbonyl (C=O) groups is 1. The summed E-state index contributed by atoms with van der Waals surface area (Å²) in [7, 11) is 0. The van der Waals surface area contributed by atoms with Crippen LogP contribution in [0.3, 0.4) is 0 Å². The van der Waals surface area contributed by atoms with Gasteiger partial charge in [-0.25, -0.2) is 0 Å². The van der Waals surface area contributed by atoms with Gasteiger partial charge in [0.05, 0.1) is 6.04 Å². The number of nitrogens with zero attached hydrogens (tertiary/aromatic N) is 1. The highest BCUT2D eigenvalue weighted by Gasteiger charge is 2.32. The highest BCUT2D eigenvalue weighted by atomic mass is 16.1. The fraction of sp³-hybridized carbons (Fsp3) is 0.588. The molecule has 1 aromatic rings. The lowest BCUT2D eigenvalue weighted by molar-refractivity contribution is 0.0769. The van der Waals surface area contributed by atoms with Crippen molar-refractivity contribution in [2.45, 2.75) is 45.6 Å². The molecular formula is C17H25NO. The minimum Gasteiger partial charge on any atom is -0.293 e. The molecule has 0 N–H and O–H groups in total. The Morgan fingerprint density at radius 2 is 1.84 bits per heavy atom. The van der Waals surface area contributed by atoms with E-state index >= 15 is 0 Å². The first-order valence-electron chi connectivity index (χ1n) is 7.57. The molecule has 2 nitrogen and oxygen atoms in total. The van der Waals surface area contributed by atoms with Gasteiger partial charge in [0, 0.05) is 5.56 Å². The highest BCUT2D eigenvalue weighted by Crippen LogP contribution is 2.24. The van der Waals surface area contributed by atoms with Crippen LogP contribution in [0.5, 0.6) is 0 Å². The van der Waals surface area contributed by atoms with Gasteiger partial charge in [-0.1, -0.05) is 50.6 Å². The van der Waals surface area contributed by atoms with Gasteiger partial charge in [-0.05, 0) is 38.3 Å². The van der Waals surface area contributed by atoms with Crippen molar-refractivity contribution in [3.63, 3.8) is 0 Å². The van der Waals surface area contributed by atoms with Gasteiger partial charge in [0.2, 0.25) is 0 Å². The Kier molecular flexibility index (Phi) is 5.15. The predicted molar refractivity (Wildman–Crippen MR) is 79.4 cm³/mol. The summed E-state index contributed by atoms with van der Waals surface area (Å²) in [5, 5.41) is 0. The van der Waals surface area contributed by atoms with Crippen LogP contribution < -0.4 is 0 Å². The molecule has 1 aliphatic heterocycles. The Bertz CT molecular complexity index is 395. The molecule has 0 bridgehead atoms. The van der Waals surface area contributed by atoms with Crippen LogP contribution in [0, 0.1) is 5.92 Å². The summed E-state index contributed by atoms with van der Waals surface area (Å²) in [4.78, 5) is 15.2. The largest absolute Gasteiger partial charge is 0.293 e. The zero-order chi connectivity index (χ0) is 13.7. The number of ketones is 1. The molecule has 2 heteroatoms. The smallest absolute Gasteiger partial charge is 0.180 e. The van der Waals surface area contributed by atoms with Crippen molar-refractivity contribution in [2.75, 3.05) is 13.1 Å². The Balaban J connectivity index is 2.18. The van der Waals surface area contributed by atoms with Crippen LogP contribution in [-0.4, -0.2) is 29.8 Å². The third kappa shape index (κ3) is 3.44. The number of hydrogen-bond acceptors (Lipinski definition) is 2. The summed E-state index contributed by atoms with van der Waals surface area (Å²) in [6.45, 7) is 6.59. The molecule has 2 atom stereocenters. The lowest BCUT2D eigenvalue weighted by Gasteiger charge is -2.31. The van der Waals surface area contributed by atoms with Crippen molar-refractivity contribution in [3.05, 3.63) is 35.9 Å². The Morgan fingerprint density at radius 1 is 1.21 bits per heavy atom. The van der Waals surface area contributed by atoms with Crippen LogP contribution in [0.1, 0.15) is 49.9 Å². The molecule has 19 heavy (non-hydrogen) atoms. The van der Waals surface area contributed by atoms with Crippen LogP contribution >= 0.6 is 0 Å². The van der Waals surface area contributed by atoms with E-state index in [2.05, 4.69) is 18.7 Å². The molecule has 2 rings (SSSR count). The van der Waals surface area contributed by atoms with E-state index in [0.717, 1.165) is 31.5 Å². The molecule has 1 aliphatic rings. The minimum absolute atomic E-state index is 0.0739. The molecule has 0 amide bonds. The van der Waals surface area contributed by atoms with Crippen molar-refractivity contribution in [1.29, 1.82) is 0 Å². The first kappa shape index (κ1) is 14.3. The van der Waals surface area contributed by atoms with Gasteiger partial charge >= 0.3 is 0 Å². The van der Waals surface area contributed by atoms with E-state index in [1.54, 1.807) is 0 Å². The van der Waals surface area contributed by atoms with Crippen LogP contribution in [0.2, 0.25) is 0 Å². The Morgan fingerprint density at radius 3 is 2.42 bits per heavy atom. The van der Waals surface area contributed by atoms with E-state index in [9.17, 15) is 4.79 Å². The lowest BCUT2D eigenvalue weighted by Crippen LogP contribution is -2.44. The summed E-state index contributed by atoms with van der Waals surface area (Å²) in [6.07, 6.45) is 4.74. The van der Waals surface area contributed by atoms with Gasteiger partial charge in [-0.15, -0.1) is 0 Å². The second-order valence-electron chi connectivity index (χ2n) is 5.68. The number of Topliss-reactive ketones (excluding diaryl/α,β-unsaturated/α-hetero) is 1. The third-order valence-corrected chi connectivity index (χ3v) is 4.14. The Hall–Kier alpha value is -1.15. The average molecular weight is 259 g/mol. The van der Waals surface area contributed by atoms with E-state index in [4.69, 9.17) is 0 Å². The minimum atomic E-state index is 0.0739. The Labute approximate surface area is 116 Å². The second-order valence-corrected chi connectivity index (χ2v) is 5.68. The van der Waals surface area contributed by atoms with Crippen molar-refractivity contribution in [1.82, 2.24) is 4.90 Å². The van der Waals surface area contributed by atoms with Gasteiger partial charge in [0.15, 0.2) is 5.78 Å². The molecule has 1 saturated heterocycles. The molecule has 0 spiro atoms. The normalized spacial score (nSPS) is 19.3. The van der Waals surface area contributed by atoms with Gasteiger partial charge in [0.25, 0.3) is 0 Å². The molecule has 2 unspecified atom stereocenters. The van der Waals surface area contributed by atoms with Gasteiger partial charge in [-0.3, -0.25) is 9.69 Å². The number of likely N-dealkylation sites (tertiary alicyclic amines) is 1. The summed E-state index contributed by atoms with van der Waals surface area (Å²) in [5.41, 5.74) is 0.863. The molecule has 1 heterocycles. The van der Waals surface area contributed by atoms with Crippen molar-refractivity contribution in [2.24, 2.45) is 5.92 Å². The number of hydrogen-bond donors (Lipinski definition) is 0. The summed E-state index contributed by atoms with van der Waals surface area (Å²) in [6, 6.07) is 9.85. The van der Waals surface area contributed by atoms with Crippen LogP contribution in [0.15, 0.2) is 30.3 Å². The quantitative estimate of drug-likeness (QED) is 0.725. The maximum absolute atomic E-state index is 12.8. The van der Waals surface area contributed by atoms with E-state index in [1.165, 1.54) is 12.8 Å². The van der Waals surface area contributed by atoms with Crippen LogP contribution in [0.25, 0.3) is 0 Å². The van der Waals surface area contributed by atoms with Crippen molar-refractivity contribution in [3.8, 4) is 0 Å². The maximum Gasteiger partial charge on any atom is 0.180 e. The van der Waals surface area contributed by atoms with Crippen LogP contribution in [0.4, 0.5) is 0 Å². The van der Waals surface area contributed by atoms with Crippen LogP contribution in [-0.2, 0) is 0 Å². The van der Waals surface area contributed by atoms with Gasteiger partial charge in [0.1, 0.15) is 0 Å².